The summed E-state index contributed by atoms with van der Waals surface area (Å²) in [5.41, 5.74) is 0.676. The number of pyridine rings is 1. The topological polar surface area (TPSA) is 30.0 Å². The molecular formula is C11H12ClNO. The molecule has 1 saturated carbocycles. The summed E-state index contributed by atoms with van der Waals surface area (Å²) >= 11 is 5.63. The van der Waals surface area contributed by atoms with E-state index in [1.54, 1.807) is 18.3 Å². The number of ketones is 1. The zero-order valence-corrected chi connectivity index (χ0v) is 8.63. The minimum atomic E-state index is 0.182. The number of hydrogen-bond donors (Lipinski definition) is 0. The van der Waals surface area contributed by atoms with Gasteiger partial charge in [0, 0.05) is 18.2 Å². The van der Waals surface area contributed by atoms with Crippen LogP contribution >= 0.6 is 11.6 Å². The molecule has 1 aliphatic carbocycles. The van der Waals surface area contributed by atoms with Gasteiger partial charge in [0.2, 0.25) is 0 Å². The number of halogens is 1. The van der Waals surface area contributed by atoms with Gasteiger partial charge in [0.05, 0.1) is 0 Å². The first-order chi connectivity index (χ1) is 6.75. The molecule has 1 aliphatic rings. The van der Waals surface area contributed by atoms with Crippen LogP contribution in [0.4, 0.5) is 0 Å². The lowest BCUT2D eigenvalue weighted by Gasteiger charge is -1.99. The summed E-state index contributed by atoms with van der Waals surface area (Å²) in [6.45, 7) is 0. The number of carbonyl (C=O) groups is 1. The van der Waals surface area contributed by atoms with E-state index in [4.69, 9.17) is 11.6 Å². The molecule has 2 nitrogen and oxygen atoms in total. The van der Waals surface area contributed by atoms with Gasteiger partial charge in [0.25, 0.3) is 0 Å². The predicted octanol–water partition coefficient (Wildman–Crippen LogP) is 3.11. The second-order valence-electron chi connectivity index (χ2n) is 3.77. The van der Waals surface area contributed by atoms with Crippen LogP contribution in [-0.2, 0) is 0 Å². The van der Waals surface area contributed by atoms with Crippen molar-refractivity contribution in [2.75, 3.05) is 0 Å². The monoisotopic (exact) mass is 209 g/mol. The second kappa shape index (κ2) is 4.09. The molecule has 0 spiro atoms. The van der Waals surface area contributed by atoms with Crippen molar-refractivity contribution in [3.05, 3.63) is 29.0 Å². The van der Waals surface area contributed by atoms with E-state index < -0.39 is 0 Å². The third-order valence-corrected chi connectivity index (χ3v) is 2.75. The van der Waals surface area contributed by atoms with Crippen molar-refractivity contribution in [1.82, 2.24) is 4.98 Å². The van der Waals surface area contributed by atoms with Crippen molar-refractivity contribution in [3.8, 4) is 0 Å². The van der Waals surface area contributed by atoms with E-state index in [1.807, 2.05) is 0 Å². The van der Waals surface area contributed by atoms with Crippen LogP contribution in [-0.4, -0.2) is 10.8 Å². The van der Waals surface area contributed by atoms with Crippen molar-refractivity contribution in [1.29, 1.82) is 0 Å². The minimum Gasteiger partial charge on any atom is -0.294 e. The van der Waals surface area contributed by atoms with Crippen LogP contribution in [0.1, 0.15) is 36.0 Å². The Kier molecular flexibility index (Phi) is 2.82. The van der Waals surface area contributed by atoms with Gasteiger partial charge in [-0.15, -0.1) is 0 Å². The summed E-state index contributed by atoms with van der Waals surface area (Å²) in [7, 11) is 0. The Morgan fingerprint density at radius 3 is 2.86 bits per heavy atom. The van der Waals surface area contributed by atoms with Gasteiger partial charge in [-0.2, -0.15) is 0 Å². The van der Waals surface area contributed by atoms with Crippen LogP contribution in [0.2, 0.25) is 5.15 Å². The maximum Gasteiger partial charge on any atom is 0.164 e. The SMILES string of the molecule is O=C(CCC1CC1)c1ccc(Cl)nc1. The van der Waals surface area contributed by atoms with E-state index in [-0.39, 0.29) is 5.78 Å². The first-order valence-electron chi connectivity index (χ1n) is 4.90. The fraction of sp³-hybridized carbons (Fsp3) is 0.455. The molecule has 0 bridgehead atoms. The molecule has 1 aromatic heterocycles. The molecule has 1 fully saturated rings. The Balaban J connectivity index is 1.92. The Bertz CT molecular complexity index is 330. The van der Waals surface area contributed by atoms with Crippen LogP contribution in [0.3, 0.4) is 0 Å². The number of nitrogens with zero attached hydrogens (tertiary/aromatic N) is 1. The van der Waals surface area contributed by atoms with Gasteiger partial charge < -0.3 is 0 Å². The molecule has 0 N–H and O–H groups in total. The van der Waals surface area contributed by atoms with Crippen molar-refractivity contribution in [3.63, 3.8) is 0 Å². The minimum absolute atomic E-state index is 0.182. The Labute approximate surface area is 88.3 Å². The third kappa shape index (κ3) is 2.55. The van der Waals surface area contributed by atoms with Crippen LogP contribution in [0, 0.1) is 5.92 Å². The van der Waals surface area contributed by atoms with E-state index in [0.29, 0.717) is 17.1 Å². The first-order valence-corrected chi connectivity index (χ1v) is 5.28. The average molecular weight is 210 g/mol. The highest BCUT2D eigenvalue weighted by molar-refractivity contribution is 6.29. The standard InChI is InChI=1S/C11H12ClNO/c12-11-6-4-9(7-13-11)10(14)5-3-8-1-2-8/h4,6-8H,1-3,5H2. The number of carbonyl (C=O) groups excluding carboxylic acids is 1. The highest BCUT2D eigenvalue weighted by atomic mass is 35.5. The highest BCUT2D eigenvalue weighted by Gasteiger charge is 2.22. The predicted molar refractivity (Wildman–Crippen MR) is 55.5 cm³/mol. The molecular weight excluding hydrogens is 198 g/mol. The van der Waals surface area contributed by atoms with Gasteiger partial charge in [0.15, 0.2) is 5.78 Å². The highest BCUT2D eigenvalue weighted by Crippen LogP contribution is 2.33. The number of hydrogen-bond acceptors (Lipinski definition) is 2. The van der Waals surface area contributed by atoms with Crippen LogP contribution in [0.25, 0.3) is 0 Å². The summed E-state index contributed by atoms with van der Waals surface area (Å²) < 4.78 is 0. The summed E-state index contributed by atoms with van der Waals surface area (Å²) in [5.74, 6) is 0.986. The lowest BCUT2D eigenvalue weighted by Crippen LogP contribution is -1.99. The van der Waals surface area contributed by atoms with Crippen molar-refractivity contribution in [2.45, 2.75) is 25.7 Å². The van der Waals surface area contributed by atoms with E-state index >= 15 is 0 Å². The van der Waals surface area contributed by atoms with Gasteiger partial charge in [0.1, 0.15) is 5.15 Å². The molecule has 0 radical (unpaired) electrons. The third-order valence-electron chi connectivity index (χ3n) is 2.53. The molecule has 0 saturated heterocycles. The van der Waals surface area contributed by atoms with Crippen LogP contribution in [0.15, 0.2) is 18.3 Å². The average Bonchev–Trinajstić information content (AvgIpc) is 2.99. The summed E-state index contributed by atoms with van der Waals surface area (Å²) in [6.07, 6.45) is 5.82. The fourth-order valence-electron chi connectivity index (χ4n) is 1.43. The normalized spacial score (nSPS) is 15.5. The van der Waals surface area contributed by atoms with Crippen molar-refractivity contribution >= 4 is 17.4 Å². The maximum absolute atomic E-state index is 11.6. The van der Waals surface area contributed by atoms with Gasteiger partial charge in [-0.25, -0.2) is 4.98 Å². The fourth-order valence-corrected chi connectivity index (χ4v) is 1.54. The molecule has 0 aromatic carbocycles. The largest absolute Gasteiger partial charge is 0.294 e. The Hall–Kier alpha value is -0.890. The lowest BCUT2D eigenvalue weighted by atomic mass is 10.1. The van der Waals surface area contributed by atoms with Crippen LogP contribution < -0.4 is 0 Å². The van der Waals surface area contributed by atoms with Gasteiger partial charge in [-0.1, -0.05) is 24.4 Å². The quantitative estimate of drug-likeness (QED) is 0.564. The summed E-state index contributed by atoms with van der Waals surface area (Å²) in [6, 6.07) is 3.40. The molecule has 1 aromatic rings. The number of aromatic nitrogens is 1. The van der Waals surface area contributed by atoms with Gasteiger partial charge in [-0.05, 0) is 24.5 Å². The Morgan fingerprint density at radius 2 is 2.29 bits per heavy atom. The number of Topliss-reactive ketones (excluding diaryl/α,β-unsaturated/α-hetero) is 1. The van der Waals surface area contributed by atoms with Gasteiger partial charge >= 0.3 is 0 Å². The first kappa shape index (κ1) is 9.66. The van der Waals surface area contributed by atoms with E-state index in [0.717, 1.165) is 12.3 Å². The van der Waals surface area contributed by atoms with Crippen LogP contribution in [0.5, 0.6) is 0 Å². The molecule has 0 atom stereocenters. The molecule has 1 heterocycles. The molecule has 0 amide bonds. The molecule has 2 rings (SSSR count). The molecule has 14 heavy (non-hydrogen) atoms. The second-order valence-corrected chi connectivity index (χ2v) is 4.16. The molecule has 0 aliphatic heterocycles. The number of rotatable bonds is 4. The Morgan fingerprint density at radius 1 is 1.50 bits per heavy atom. The molecule has 3 heteroatoms. The molecule has 0 unspecified atom stereocenters. The summed E-state index contributed by atoms with van der Waals surface area (Å²) in [4.78, 5) is 15.5. The van der Waals surface area contributed by atoms with E-state index in [9.17, 15) is 4.79 Å². The lowest BCUT2D eigenvalue weighted by molar-refractivity contribution is 0.0977. The zero-order valence-electron chi connectivity index (χ0n) is 7.87. The maximum atomic E-state index is 11.6. The molecule has 74 valence electrons. The summed E-state index contributed by atoms with van der Waals surface area (Å²) in [5, 5.41) is 0.434. The van der Waals surface area contributed by atoms with Crippen molar-refractivity contribution < 1.29 is 4.79 Å². The smallest absolute Gasteiger partial charge is 0.164 e. The zero-order chi connectivity index (χ0) is 9.97. The van der Waals surface area contributed by atoms with E-state index in [1.165, 1.54) is 12.8 Å². The van der Waals surface area contributed by atoms with E-state index in [2.05, 4.69) is 4.98 Å². The van der Waals surface area contributed by atoms with Gasteiger partial charge in [-0.3, -0.25) is 4.79 Å². The van der Waals surface area contributed by atoms with Crippen molar-refractivity contribution in [2.24, 2.45) is 5.92 Å².